The predicted octanol–water partition coefficient (Wildman–Crippen LogP) is 4.50. The second kappa shape index (κ2) is 8.98. The van der Waals surface area contributed by atoms with Gasteiger partial charge in [0.25, 0.3) is 11.6 Å². The highest BCUT2D eigenvalue weighted by molar-refractivity contribution is 6.03. The lowest BCUT2D eigenvalue weighted by Crippen LogP contribution is -2.24. The molecule has 1 heterocycles. The summed E-state index contributed by atoms with van der Waals surface area (Å²) in [4.78, 5) is 34.3. The summed E-state index contributed by atoms with van der Waals surface area (Å²) in [5, 5.41) is 26.6. The van der Waals surface area contributed by atoms with Gasteiger partial charge in [-0.1, -0.05) is 6.07 Å². The Labute approximate surface area is 183 Å². The van der Waals surface area contributed by atoms with E-state index in [9.17, 15) is 32.9 Å². The Morgan fingerprint density at radius 3 is 2.55 bits per heavy atom. The van der Waals surface area contributed by atoms with E-state index in [1.165, 1.54) is 31.3 Å². The molecular formula is C20H15F3N4O6. The highest BCUT2D eigenvalue weighted by atomic mass is 19.4. The van der Waals surface area contributed by atoms with E-state index in [1.54, 1.807) is 0 Å². The quantitative estimate of drug-likeness (QED) is 0.388. The minimum Gasteiger partial charge on any atom is -0.480 e. The number of nitro groups is 1. The molecule has 13 heteroatoms. The fourth-order valence-electron chi connectivity index (χ4n) is 2.79. The van der Waals surface area contributed by atoms with Crippen molar-refractivity contribution in [1.29, 1.82) is 0 Å². The normalized spacial score (nSPS) is 12.1. The molecule has 0 fully saturated rings. The maximum atomic E-state index is 12.9. The Morgan fingerprint density at radius 1 is 1.18 bits per heavy atom. The van der Waals surface area contributed by atoms with E-state index in [0.717, 1.165) is 35.0 Å². The molecule has 1 unspecified atom stereocenters. The van der Waals surface area contributed by atoms with Crippen molar-refractivity contribution in [2.24, 2.45) is 0 Å². The van der Waals surface area contributed by atoms with Gasteiger partial charge in [-0.3, -0.25) is 14.9 Å². The first-order valence-corrected chi connectivity index (χ1v) is 9.18. The summed E-state index contributed by atoms with van der Waals surface area (Å²) in [6, 6.07) is 7.17. The molecular weight excluding hydrogens is 449 g/mol. The number of anilines is 1. The molecule has 0 aliphatic carbocycles. The highest BCUT2D eigenvalue weighted by Crippen LogP contribution is 2.34. The average molecular weight is 464 g/mol. The van der Waals surface area contributed by atoms with Crippen LogP contribution >= 0.6 is 0 Å². The number of carbonyl (C=O) groups excluding carboxylic acids is 1. The third-order valence-corrected chi connectivity index (χ3v) is 4.38. The van der Waals surface area contributed by atoms with Gasteiger partial charge in [-0.15, -0.1) is 0 Å². The number of carboxylic acid groups (broad SMARTS) is 1. The van der Waals surface area contributed by atoms with Crippen molar-refractivity contribution in [3.05, 3.63) is 76.1 Å². The van der Waals surface area contributed by atoms with E-state index in [-0.39, 0.29) is 22.9 Å². The zero-order chi connectivity index (χ0) is 24.3. The first kappa shape index (κ1) is 23.2. The molecule has 10 nitrogen and oxygen atoms in total. The fourth-order valence-corrected chi connectivity index (χ4v) is 2.79. The van der Waals surface area contributed by atoms with E-state index in [1.807, 2.05) is 0 Å². The number of halogens is 3. The minimum atomic E-state index is -4.61. The van der Waals surface area contributed by atoms with Crippen LogP contribution in [0.4, 0.5) is 24.5 Å². The summed E-state index contributed by atoms with van der Waals surface area (Å²) >= 11 is 0. The number of hydrogen-bond donors (Lipinski definition) is 2. The highest BCUT2D eigenvalue weighted by Gasteiger charge is 2.30. The standard InChI is InChI=1S/C20H15F3N4O6/c1-11(19(29)30)26-17(5-6-24-26)18(28)25-13-8-14(27(31)32)10-16(9-13)33-15-4-2-3-12(7-15)20(21,22)23/h2-11H,1H3,(H,25,28)(H,29,30). The Kier molecular flexibility index (Phi) is 6.33. The van der Waals surface area contributed by atoms with Gasteiger partial charge in [0.1, 0.15) is 23.2 Å². The second-order valence-corrected chi connectivity index (χ2v) is 6.73. The smallest absolute Gasteiger partial charge is 0.416 e. The van der Waals surface area contributed by atoms with Gasteiger partial charge in [0.05, 0.1) is 22.2 Å². The maximum absolute atomic E-state index is 12.9. The molecule has 0 saturated carbocycles. The lowest BCUT2D eigenvalue weighted by Gasteiger charge is -2.13. The summed E-state index contributed by atoms with van der Waals surface area (Å²) in [7, 11) is 0. The van der Waals surface area contributed by atoms with Crippen LogP contribution in [0.5, 0.6) is 11.5 Å². The molecule has 0 spiro atoms. The number of aromatic nitrogens is 2. The van der Waals surface area contributed by atoms with Crippen molar-refractivity contribution < 1.29 is 37.5 Å². The van der Waals surface area contributed by atoms with Crippen LogP contribution in [0.15, 0.2) is 54.7 Å². The number of rotatable bonds is 7. The van der Waals surface area contributed by atoms with Crippen LogP contribution in [0, 0.1) is 10.1 Å². The van der Waals surface area contributed by atoms with Crippen LogP contribution in [0.25, 0.3) is 0 Å². The summed E-state index contributed by atoms with van der Waals surface area (Å²) in [6.07, 6.45) is -3.40. The van der Waals surface area contributed by atoms with Crippen LogP contribution in [0.3, 0.4) is 0 Å². The summed E-state index contributed by atoms with van der Waals surface area (Å²) in [6.45, 7) is 1.31. The van der Waals surface area contributed by atoms with Crippen LogP contribution in [0.2, 0.25) is 0 Å². The number of carboxylic acids is 1. The number of carbonyl (C=O) groups is 2. The van der Waals surface area contributed by atoms with Gasteiger partial charge >= 0.3 is 12.1 Å². The van der Waals surface area contributed by atoms with Crippen LogP contribution in [-0.4, -0.2) is 31.7 Å². The monoisotopic (exact) mass is 464 g/mol. The number of alkyl halides is 3. The van der Waals surface area contributed by atoms with Crippen molar-refractivity contribution in [3.8, 4) is 11.5 Å². The SMILES string of the molecule is CC(C(=O)O)n1nccc1C(=O)Nc1cc(Oc2cccc(C(F)(F)F)c2)cc([N+](=O)[O-])c1. The predicted molar refractivity (Wildman–Crippen MR) is 107 cm³/mol. The Balaban J connectivity index is 1.90. The number of non-ortho nitro benzene ring substituents is 1. The number of hydrogen-bond acceptors (Lipinski definition) is 6. The minimum absolute atomic E-state index is 0.105. The molecule has 3 rings (SSSR count). The van der Waals surface area contributed by atoms with Crippen molar-refractivity contribution in [2.45, 2.75) is 19.1 Å². The van der Waals surface area contributed by atoms with Crippen molar-refractivity contribution >= 4 is 23.3 Å². The largest absolute Gasteiger partial charge is 0.480 e. The summed E-state index contributed by atoms with van der Waals surface area (Å²) < 4.78 is 45.1. The molecule has 172 valence electrons. The molecule has 0 aliphatic heterocycles. The first-order chi connectivity index (χ1) is 15.5. The molecule has 2 N–H and O–H groups in total. The molecule has 1 amide bonds. The molecule has 2 aromatic carbocycles. The second-order valence-electron chi connectivity index (χ2n) is 6.73. The third kappa shape index (κ3) is 5.44. The fraction of sp³-hybridized carbons (Fsp3) is 0.150. The Morgan fingerprint density at radius 2 is 1.91 bits per heavy atom. The summed E-state index contributed by atoms with van der Waals surface area (Å²) in [5.41, 5.74) is -1.70. The number of benzene rings is 2. The van der Waals surface area contributed by atoms with Gasteiger partial charge in [0.15, 0.2) is 0 Å². The number of aliphatic carboxylic acids is 1. The molecule has 0 aliphatic rings. The van der Waals surface area contributed by atoms with Crippen molar-refractivity contribution in [3.63, 3.8) is 0 Å². The van der Waals surface area contributed by atoms with E-state index in [0.29, 0.717) is 0 Å². The molecule has 0 saturated heterocycles. The van der Waals surface area contributed by atoms with Gasteiger partial charge in [-0.2, -0.15) is 18.3 Å². The molecule has 3 aromatic rings. The van der Waals surface area contributed by atoms with Gasteiger partial charge in [0, 0.05) is 18.3 Å². The third-order valence-electron chi connectivity index (χ3n) is 4.38. The molecule has 1 atom stereocenters. The maximum Gasteiger partial charge on any atom is 0.416 e. The number of amides is 1. The number of nitro benzene ring substituents is 1. The van der Waals surface area contributed by atoms with E-state index in [4.69, 9.17) is 9.84 Å². The molecule has 0 radical (unpaired) electrons. The topological polar surface area (TPSA) is 137 Å². The zero-order valence-corrected chi connectivity index (χ0v) is 16.7. The lowest BCUT2D eigenvalue weighted by atomic mass is 10.2. The van der Waals surface area contributed by atoms with E-state index >= 15 is 0 Å². The Hall–Kier alpha value is -4.42. The van der Waals surface area contributed by atoms with Crippen molar-refractivity contribution in [1.82, 2.24) is 9.78 Å². The zero-order valence-electron chi connectivity index (χ0n) is 16.7. The number of ether oxygens (including phenoxy) is 1. The average Bonchev–Trinajstić information content (AvgIpc) is 3.22. The van der Waals surface area contributed by atoms with Gasteiger partial charge in [-0.25, -0.2) is 9.48 Å². The summed E-state index contributed by atoms with van der Waals surface area (Å²) in [5.74, 6) is -2.48. The lowest BCUT2D eigenvalue weighted by molar-refractivity contribution is -0.384. The van der Waals surface area contributed by atoms with Gasteiger partial charge in [0.2, 0.25) is 0 Å². The van der Waals surface area contributed by atoms with Crippen LogP contribution in [0.1, 0.15) is 29.0 Å². The molecule has 33 heavy (non-hydrogen) atoms. The number of nitrogens with one attached hydrogen (secondary N) is 1. The first-order valence-electron chi connectivity index (χ1n) is 9.18. The molecule has 0 bridgehead atoms. The van der Waals surface area contributed by atoms with Gasteiger partial charge in [-0.05, 0) is 31.2 Å². The molecule has 1 aromatic heterocycles. The van der Waals surface area contributed by atoms with Gasteiger partial charge < -0.3 is 15.2 Å². The van der Waals surface area contributed by atoms with Crippen LogP contribution < -0.4 is 10.1 Å². The Bertz CT molecular complexity index is 1220. The van der Waals surface area contributed by atoms with Crippen molar-refractivity contribution in [2.75, 3.05) is 5.32 Å². The van der Waals surface area contributed by atoms with E-state index < -0.39 is 40.3 Å². The number of nitrogens with zero attached hydrogens (tertiary/aromatic N) is 3. The van der Waals surface area contributed by atoms with E-state index in [2.05, 4.69) is 10.4 Å². The van der Waals surface area contributed by atoms with Crippen LogP contribution in [-0.2, 0) is 11.0 Å².